The van der Waals surface area contributed by atoms with Gasteiger partial charge in [0.25, 0.3) is 0 Å². The number of anilines is 1. The summed E-state index contributed by atoms with van der Waals surface area (Å²) >= 11 is 0. The average Bonchev–Trinajstić information content (AvgIpc) is 2.89. The van der Waals surface area contributed by atoms with Crippen LogP contribution in [0.5, 0.6) is 0 Å². The minimum atomic E-state index is 0.761. The van der Waals surface area contributed by atoms with Crippen LogP contribution in [0.15, 0.2) is 36.4 Å². The Bertz CT molecular complexity index is 743. The van der Waals surface area contributed by atoms with Crippen molar-refractivity contribution in [1.82, 2.24) is 15.0 Å². The molecule has 0 aliphatic rings. The summed E-state index contributed by atoms with van der Waals surface area (Å²) in [5.41, 5.74) is 4.17. The van der Waals surface area contributed by atoms with Gasteiger partial charge in [0.15, 0.2) is 5.65 Å². The second kappa shape index (κ2) is 4.96. The summed E-state index contributed by atoms with van der Waals surface area (Å²) in [5, 5.41) is 0. The Labute approximate surface area is 118 Å². The molecular formula is C16H18N4. The van der Waals surface area contributed by atoms with Gasteiger partial charge in [-0.25, -0.2) is 9.97 Å². The number of fused-ring (bicyclic) bond motifs is 1. The summed E-state index contributed by atoms with van der Waals surface area (Å²) < 4.78 is 0. The number of imidazole rings is 1. The van der Waals surface area contributed by atoms with Gasteiger partial charge in [0.1, 0.15) is 11.6 Å². The molecule has 0 saturated heterocycles. The third-order valence-corrected chi connectivity index (χ3v) is 3.44. The normalized spacial score (nSPS) is 10.9. The summed E-state index contributed by atoms with van der Waals surface area (Å²) in [7, 11) is 3.96. The van der Waals surface area contributed by atoms with E-state index < -0.39 is 0 Å². The van der Waals surface area contributed by atoms with E-state index in [0.29, 0.717) is 0 Å². The Kier molecular flexibility index (Phi) is 3.14. The number of H-pyrrole nitrogens is 1. The molecule has 0 fully saturated rings. The molecule has 2 heterocycles. The lowest BCUT2D eigenvalue weighted by Crippen LogP contribution is -2.10. The van der Waals surface area contributed by atoms with Gasteiger partial charge >= 0.3 is 0 Å². The lowest BCUT2D eigenvalue weighted by molar-refractivity contribution is 1.08. The van der Waals surface area contributed by atoms with Crippen LogP contribution in [0.3, 0.4) is 0 Å². The van der Waals surface area contributed by atoms with Crippen molar-refractivity contribution >= 4 is 17.0 Å². The fourth-order valence-electron chi connectivity index (χ4n) is 2.32. The van der Waals surface area contributed by atoms with Crippen LogP contribution in [0.1, 0.15) is 12.5 Å². The standard InChI is InChI=1S/C16H18N4/c1-4-11-7-5-6-8-12(11)15-17-13-9-10-14(20(2)3)18-16(13)19-15/h5-10H,4H2,1-3H3,(H,17,18,19). The third-order valence-electron chi connectivity index (χ3n) is 3.44. The number of hydrogen-bond donors (Lipinski definition) is 1. The first-order valence-corrected chi connectivity index (χ1v) is 6.81. The maximum Gasteiger partial charge on any atom is 0.180 e. The zero-order chi connectivity index (χ0) is 14.1. The molecule has 0 aliphatic heterocycles. The Morgan fingerprint density at radius 1 is 1.05 bits per heavy atom. The Morgan fingerprint density at radius 2 is 1.85 bits per heavy atom. The van der Waals surface area contributed by atoms with Crippen LogP contribution in [0.2, 0.25) is 0 Å². The molecule has 1 N–H and O–H groups in total. The van der Waals surface area contributed by atoms with Gasteiger partial charge in [0.05, 0.1) is 5.52 Å². The van der Waals surface area contributed by atoms with Crippen LogP contribution < -0.4 is 4.90 Å². The Balaban J connectivity index is 2.13. The van der Waals surface area contributed by atoms with Crippen molar-refractivity contribution in [3.63, 3.8) is 0 Å². The van der Waals surface area contributed by atoms with Crippen LogP contribution in [-0.4, -0.2) is 29.0 Å². The monoisotopic (exact) mass is 266 g/mol. The van der Waals surface area contributed by atoms with Crippen molar-refractivity contribution in [2.24, 2.45) is 0 Å². The molecule has 3 rings (SSSR count). The van der Waals surface area contributed by atoms with Gasteiger partial charge in [-0.3, -0.25) is 0 Å². The first-order valence-electron chi connectivity index (χ1n) is 6.81. The number of aryl methyl sites for hydroxylation is 1. The predicted molar refractivity (Wildman–Crippen MR) is 83.0 cm³/mol. The lowest BCUT2D eigenvalue weighted by Gasteiger charge is -2.09. The van der Waals surface area contributed by atoms with Gasteiger partial charge < -0.3 is 9.88 Å². The predicted octanol–water partition coefficient (Wildman–Crippen LogP) is 3.25. The minimum absolute atomic E-state index is 0.761. The van der Waals surface area contributed by atoms with Crippen LogP contribution >= 0.6 is 0 Å². The molecule has 0 aliphatic carbocycles. The van der Waals surface area contributed by atoms with E-state index in [1.54, 1.807) is 0 Å². The smallest absolute Gasteiger partial charge is 0.180 e. The number of hydrogen-bond acceptors (Lipinski definition) is 3. The maximum absolute atomic E-state index is 4.64. The molecule has 2 aromatic heterocycles. The molecule has 1 aromatic carbocycles. The SMILES string of the molecule is CCc1ccccc1-c1nc2nc(N(C)C)ccc2[nH]1. The molecule has 0 spiro atoms. The largest absolute Gasteiger partial charge is 0.363 e. The molecule has 0 radical (unpaired) electrons. The van der Waals surface area contributed by atoms with Crippen LogP contribution in [0.4, 0.5) is 5.82 Å². The third kappa shape index (κ3) is 2.13. The number of aromatic nitrogens is 3. The Hall–Kier alpha value is -2.36. The number of nitrogens with zero attached hydrogens (tertiary/aromatic N) is 3. The summed E-state index contributed by atoms with van der Waals surface area (Å²) in [4.78, 5) is 14.5. The van der Waals surface area contributed by atoms with Crippen molar-refractivity contribution in [3.05, 3.63) is 42.0 Å². The molecule has 0 atom stereocenters. The number of aromatic amines is 1. The number of nitrogens with one attached hydrogen (secondary N) is 1. The molecule has 20 heavy (non-hydrogen) atoms. The van der Waals surface area contributed by atoms with Crippen LogP contribution in [-0.2, 0) is 6.42 Å². The molecule has 0 amide bonds. The van der Waals surface area contributed by atoms with Gasteiger partial charge in [-0.05, 0) is 24.1 Å². The zero-order valence-corrected chi connectivity index (χ0v) is 12.0. The number of benzene rings is 1. The first kappa shape index (κ1) is 12.7. The van der Waals surface area contributed by atoms with Gasteiger partial charge in [0, 0.05) is 19.7 Å². The molecule has 0 saturated carbocycles. The lowest BCUT2D eigenvalue weighted by atomic mass is 10.1. The van der Waals surface area contributed by atoms with Gasteiger partial charge in [-0.1, -0.05) is 31.2 Å². The van der Waals surface area contributed by atoms with E-state index in [9.17, 15) is 0 Å². The van der Waals surface area contributed by atoms with Gasteiger partial charge in [0.2, 0.25) is 0 Å². The van der Waals surface area contributed by atoms with Crippen LogP contribution in [0.25, 0.3) is 22.6 Å². The van der Waals surface area contributed by atoms with E-state index in [4.69, 9.17) is 0 Å². The van der Waals surface area contributed by atoms with E-state index in [2.05, 4.69) is 40.1 Å². The molecule has 0 unspecified atom stereocenters. The Morgan fingerprint density at radius 3 is 2.60 bits per heavy atom. The number of rotatable bonds is 3. The maximum atomic E-state index is 4.64. The molecule has 4 nitrogen and oxygen atoms in total. The van der Waals surface area contributed by atoms with E-state index >= 15 is 0 Å². The first-order chi connectivity index (χ1) is 9.69. The molecule has 102 valence electrons. The molecule has 3 aromatic rings. The highest BCUT2D eigenvalue weighted by atomic mass is 15.1. The second-order valence-electron chi connectivity index (χ2n) is 5.03. The average molecular weight is 266 g/mol. The van der Waals surface area contributed by atoms with Crippen molar-refractivity contribution < 1.29 is 0 Å². The van der Waals surface area contributed by atoms with Crippen molar-refractivity contribution in [2.75, 3.05) is 19.0 Å². The summed E-state index contributed by atoms with van der Waals surface area (Å²) in [5.74, 6) is 1.81. The second-order valence-corrected chi connectivity index (χ2v) is 5.03. The highest BCUT2D eigenvalue weighted by molar-refractivity contribution is 5.78. The fourth-order valence-corrected chi connectivity index (χ4v) is 2.32. The van der Waals surface area contributed by atoms with Gasteiger partial charge in [-0.2, -0.15) is 0 Å². The molecular weight excluding hydrogens is 248 g/mol. The van der Waals surface area contributed by atoms with E-state index in [1.165, 1.54) is 5.56 Å². The zero-order valence-electron chi connectivity index (χ0n) is 12.0. The van der Waals surface area contributed by atoms with E-state index in [-0.39, 0.29) is 0 Å². The number of pyridine rings is 1. The van der Waals surface area contributed by atoms with E-state index in [1.807, 2.05) is 37.2 Å². The molecule has 4 heteroatoms. The highest BCUT2D eigenvalue weighted by Gasteiger charge is 2.10. The topological polar surface area (TPSA) is 44.8 Å². The van der Waals surface area contributed by atoms with Gasteiger partial charge in [-0.15, -0.1) is 0 Å². The van der Waals surface area contributed by atoms with Crippen molar-refractivity contribution in [3.8, 4) is 11.4 Å². The van der Waals surface area contributed by atoms with Crippen LogP contribution in [0, 0.1) is 0 Å². The quantitative estimate of drug-likeness (QED) is 0.791. The van der Waals surface area contributed by atoms with Crippen molar-refractivity contribution in [1.29, 1.82) is 0 Å². The minimum Gasteiger partial charge on any atom is -0.363 e. The van der Waals surface area contributed by atoms with Crippen molar-refractivity contribution in [2.45, 2.75) is 13.3 Å². The highest BCUT2D eigenvalue weighted by Crippen LogP contribution is 2.24. The summed E-state index contributed by atoms with van der Waals surface area (Å²) in [6.45, 7) is 2.16. The molecule has 0 bridgehead atoms. The fraction of sp³-hybridized carbons (Fsp3) is 0.250. The van der Waals surface area contributed by atoms with E-state index in [0.717, 1.165) is 34.8 Å². The summed E-state index contributed by atoms with van der Waals surface area (Å²) in [6.07, 6.45) is 0.990. The summed E-state index contributed by atoms with van der Waals surface area (Å²) in [6, 6.07) is 12.4.